The van der Waals surface area contributed by atoms with E-state index in [0.717, 1.165) is 25.7 Å². The Morgan fingerprint density at radius 2 is 1.97 bits per heavy atom. The van der Waals surface area contributed by atoms with Crippen molar-refractivity contribution in [3.63, 3.8) is 0 Å². The average molecular weight is 603 g/mol. The smallest absolute Gasteiger partial charge is 0.380 e. The van der Waals surface area contributed by atoms with Gasteiger partial charge in [-0.3, -0.25) is 23.7 Å². The molecular weight excluding hydrogens is 571 g/mol. The Morgan fingerprint density at radius 3 is 2.62 bits per heavy atom. The minimum atomic E-state index is -4.03. The van der Waals surface area contributed by atoms with Gasteiger partial charge in [-0.25, -0.2) is 4.57 Å². The number of benzene rings is 1. The standard InChI is InChI=1S/C25H32ClN2O9PS/c1-15(22(31)35-17-5-3-4-6-17)14-38(33,37-18-9-7-16(26)8-10-18)34-13-19-21(30)25(2,32)23(36-19)28-12-11-20(29)27-24(28)39/h7-12,15,17,19,21,23,30,32H,3-6,13-14H2,1-2H3,(H,27,29,39)/t15-,19-,21+,23-,25?,38-/m1/s1. The number of aromatic nitrogens is 2. The molecule has 0 bridgehead atoms. The predicted molar refractivity (Wildman–Crippen MR) is 144 cm³/mol. The van der Waals surface area contributed by atoms with Crippen molar-refractivity contribution in [3.8, 4) is 5.75 Å². The van der Waals surface area contributed by atoms with Crippen molar-refractivity contribution < 1.29 is 38.1 Å². The third-order valence-corrected chi connectivity index (χ3v) is 9.43. The summed E-state index contributed by atoms with van der Waals surface area (Å²) in [5, 5.41) is 22.3. The van der Waals surface area contributed by atoms with Gasteiger partial charge in [0.1, 0.15) is 29.7 Å². The van der Waals surface area contributed by atoms with Crippen LogP contribution in [0.1, 0.15) is 45.8 Å². The van der Waals surface area contributed by atoms with Gasteiger partial charge in [0.25, 0.3) is 5.56 Å². The van der Waals surface area contributed by atoms with E-state index in [1.807, 2.05) is 0 Å². The number of rotatable bonds is 10. The predicted octanol–water partition coefficient (Wildman–Crippen LogP) is 3.98. The van der Waals surface area contributed by atoms with Gasteiger partial charge in [0.2, 0.25) is 0 Å². The number of halogens is 1. The molecule has 2 fully saturated rings. The third kappa shape index (κ3) is 7.18. The Morgan fingerprint density at radius 1 is 1.31 bits per heavy atom. The van der Waals surface area contributed by atoms with E-state index in [1.54, 1.807) is 19.1 Å². The summed E-state index contributed by atoms with van der Waals surface area (Å²) >= 11 is 11.1. The zero-order valence-electron chi connectivity index (χ0n) is 21.5. The largest absolute Gasteiger partial charge is 0.462 e. The van der Waals surface area contributed by atoms with Gasteiger partial charge in [-0.2, -0.15) is 0 Å². The van der Waals surface area contributed by atoms with Crippen LogP contribution >= 0.6 is 31.4 Å². The molecule has 6 atom stereocenters. The molecule has 0 spiro atoms. The van der Waals surface area contributed by atoms with Gasteiger partial charge in [0.05, 0.1) is 18.7 Å². The summed E-state index contributed by atoms with van der Waals surface area (Å²) < 4.78 is 38.1. The maximum absolute atomic E-state index is 13.9. The Kier molecular flexibility index (Phi) is 9.37. The normalized spacial score (nSPS) is 27.7. The van der Waals surface area contributed by atoms with Gasteiger partial charge in [0.15, 0.2) is 11.0 Å². The third-order valence-electron chi connectivity index (χ3n) is 6.84. The second kappa shape index (κ2) is 12.2. The summed E-state index contributed by atoms with van der Waals surface area (Å²) in [6.07, 6.45) is 0.652. The maximum atomic E-state index is 13.9. The van der Waals surface area contributed by atoms with Crippen molar-refractivity contribution >= 4 is 37.4 Å². The summed E-state index contributed by atoms with van der Waals surface area (Å²) in [5.74, 6) is -1.11. The molecule has 0 amide bonds. The quantitative estimate of drug-likeness (QED) is 0.207. The number of aliphatic hydroxyl groups is 2. The molecule has 39 heavy (non-hydrogen) atoms. The number of carbonyl (C=O) groups excluding carboxylic acids is 1. The van der Waals surface area contributed by atoms with E-state index in [1.165, 1.54) is 35.9 Å². The molecule has 2 aliphatic rings. The molecule has 4 rings (SSSR count). The lowest BCUT2D eigenvalue weighted by Crippen LogP contribution is -2.44. The van der Waals surface area contributed by atoms with Gasteiger partial charge in [0, 0.05) is 17.3 Å². The Bertz CT molecular complexity index is 1330. The number of esters is 1. The van der Waals surface area contributed by atoms with Crippen molar-refractivity contribution in [2.45, 2.75) is 69.7 Å². The molecule has 1 saturated heterocycles. The van der Waals surface area contributed by atoms with Crippen LogP contribution in [0.5, 0.6) is 5.75 Å². The highest BCUT2D eigenvalue weighted by Gasteiger charge is 2.53. The number of hydrogen-bond acceptors (Lipinski definition) is 10. The highest BCUT2D eigenvalue weighted by molar-refractivity contribution is 7.71. The number of hydrogen-bond donors (Lipinski definition) is 3. The molecule has 1 aliphatic carbocycles. The van der Waals surface area contributed by atoms with Crippen LogP contribution < -0.4 is 10.1 Å². The number of H-pyrrole nitrogens is 1. The Labute approximate surface area is 235 Å². The van der Waals surface area contributed by atoms with E-state index in [4.69, 9.17) is 42.3 Å². The first-order chi connectivity index (χ1) is 18.4. The molecule has 3 N–H and O–H groups in total. The fourth-order valence-corrected chi connectivity index (χ4v) is 6.90. The monoisotopic (exact) mass is 602 g/mol. The first kappa shape index (κ1) is 29.9. The summed E-state index contributed by atoms with van der Waals surface area (Å²) in [5.41, 5.74) is -2.28. The van der Waals surface area contributed by atoms with Crippen LogP contribution in [0.15, 0.2) is 41.3 Å². The summed E-state index contributed by atoms with van der Waals surface area (Å²) in [4.78, 5) is 26.7. The molecule has 1 aromatic heterocycles. The van der Waals surface area contributed by atoms with E-state index in [9.17, 15) is 24.4 Å². The fraction of sp³-hybridized carbons (Fsp3) is 0.560. The minimum absolute atomic E-state index is 0.0205. The van der Waals surface area contributed by atoms with Gasteiger partial charge < -0.3 is 24.2 Å². The highest BCUT2D eigenvalue weighted by atomic mass is 35.5. The molecule has 1 aliphatic heterocycles. The Balaban J connectivity index is 1.50. The average Bonchev–Trinajstić information content (AvgIpc) is 3.46. The summed E-state index contributed by atoms with van der Waals surface area (Å²) in [7, 11) is -4.03. The molecule has 0 radical (unpaired) electrons. The molecule has 11 nitrogen and oxygen atoms in total. The van der Waals surface area contributed by atoms with Gasteiger partial charge in [-0.1, -0.05) is 18.5 Å². The van der Waals surface area contributed by atoms with Crippen LogP contribution in [0.2, 0.25) is 5.02 Å². The van der Waals surface area contributed by atoms with Crippen LogP contribution in [0.25, 0.3) is 0 Å². The molecule has 1 aromatic carbocycles. The highest BCUT2D eigenvalue weighted by Crippen LogP contribution is 2.51. The van der Waals surface area contributed by atoms with Crippen LogP contribution in [-0.4, -0.2) is 62.4 Å². The fourth-order valence-electron chi connectivity index (χ4n) is 4.65. The van der Waals surface area contributed by atoms with Crippen LogP contribution in [0.3, 0.4) is 0 Å². The number of nitrogens with zero attached hydrogens (tertiary/aromatic N) is 1. The number of aromatic amines is 1. The zero-order valence-corrected chi connectivity index (χ0v) is 24.0. The lowest BCUT2D eigenvalue weighted by Gasteiger charge is -2.28. The molecule has 1 saturated carbocycles. The van der Waals surface area contributed by atoms with E-state index < -0.39 is 55.7 Å². The number of ether oxygens (including phenoxy) is 2. The van der Waals surface area contributed by atoms with Crippen molar-refractivity contribution in [2.24, 2.45) is 5.92 Å². The van der Waals surface area contributed by atoms with Gasteiger partial charge in [-0.15, -0.1) is 0 Å². The molecule has 214 valence electrons. The summed E-state index contributed by atoms with van der Waals surface area (Å²) in [6, 6.07) is 7.33. The topological polar surface area (TPSA) is 149 Å². The maximum Gasteiger partial charge on any atom is 0.380 e. The van der Waals surface area contributed by atoms with Crippen LogP contribution in [0.4, 0.5) is 0 Å². The molecule has 2 aromatic rings. The van der Waals surface area contributed by atoms with E-state index in [0.29, 0.717) is 5.02 Å². The van der Waals surface area contributed by atoms with E-state index in [2.05, 4.69) is 4.98 Å². The van der Waals surface area contributed by atoms with Crippen molar-refractivity contribution in [1.29, 1.82) is 0 Å². The second-order valence-corrected chi connectivity index (χ2v) is 12.9. The molecule has 1 unspecified atom stereocenters. The van der Waals surface area contributed by atoms with Gasteiger partial charge >= 0.3 is 13.6 Å². The van der Waals surface area contributed by atoms with E-state index >= 15 is 0 Å². The minimum Gasteiger partial charge on any atom is -0.462 e. The molecule has 2 heterocycles. The SMILES string of the molecule is C[C@H](C[P@@](=O)(OC[C@H]1O[C@@H](n2ccc(=O)[nH]c2=S)C(C)(O)[C@H]1O)Oc1ccc(Cl)cc1)C(=O)OC1CCCC1. The number of carbonyl (C=O) groups is 1. The number of nitrogens with one attached hydrogen (secondary N) is 1. The first-order valence-electron chi connectivity index (χ1n) is 12.6. The van der Waals surface area contributed by atoms with Crippen molar-refractivity contribution in [2.75, 3.05) is 12.8 Å². The lowest BCUT2D eigenvalue weighted by atomic mass is 9.96. The van der Waals surface area contributed by atoms with Crippen LogP contribution in [0, 0.1) is 10.7 Å². The zero-order chi connectivity index (χ0) is 28.4. The van der Waals surface area contributed by atoms with Crippen molar-refractivity contribution in [1.82, 2.24) is 9.55 Å². The molecule has 14 heteroatoms. The molecular formula is C25H32ClN2O9PS. The second-order valence-electron chi connectivity index (χ2n) is 10.1. The summed E-state index contributed by atoms with van der Waals surface area (Å²) in [6.45, 7) is 2.48. The van der Waals surface area contributed by atoms with Gasteiger partial charge in [-0.05, 0) is 69.1 Å². The number of aliphatic hydroxyl groups excluding tert-OH is 1. The van der Waals surface area contributed by atoms with Crippen LogP contribution in [-0.2, 0) is 23.4 Å². The first-order valence-corrected chi connectivity index (χ1v) is 15.2. The van der Waals surface area contributed by atoms with Crippen molar-refractivity contribution in [3.05, 3.63) is 56.7 Å². The van der Waals surface area contributed by atoms with E-state index in [-0.39, 0.29) is 22.8 Å². The Hall–Kier alpha value is -2.05. The lowest BCUT2D eigenvalue weighted by molar-refractivity contribution is -0.152.